The lowest BCUT2D eigenvalue weighted by molar-refractivity contribution is 0.384. The van der Waals surface area contributed by atoms with Crippen molar-refractivity contribution in [2.24, 2.45) is 0 Å². The molecule has 2 N–H and O–H groups in total. The van der Waals surface area contributed by atoms with E-state index in [-0.39, 0.29) is 0 Å². The van der Waals surface area contributed by atoms with Crippen LogP contribution in [0, 0.1) is 6.92 Å². The van der Waals surface area contributed by atoms with Crippen molar-refractivity contribution in [2.75, 3.05) is 12.8 Å². The Bertz CT molecular complexity index is 798. The molecule has 2 aromatic rings. The Kier molecular flexibility index (Phi) is 4.01. The summed E-state index contributed by atoms with van der Waals surface area (Å²) < 4.78 is 28.4. The summed E-state index contributed by atoms with van der Waals surface area (Å²) >= 11 is 0. The molecule has 0 unspecified atom stereocenters. The van der Waals surface area contributed by atoms with Gasteiger partial charge in [0.05, 0.1) is 6.26 Å². The lowest BCUT2D eigenvalue weighted by atomic mass is 9.90. The molecule has 1 atom stereocenters. The molecule has 6 heteroatoms. The maximum absolute atomic E-state index is 9.19. The van der Waals surface area contributed by atoms with Crippen LogP contribution in [0.1, 0.15) is 35.7 Å². The first-order valence-electron chi connectivity index (χ1n) is 7.62. The van der Waals surface area contributed by atoms with Crippen LogP contribution < -0.4 is 5.32 Å². The van der Waals surface area contributed by atoms with E-state index in [1.165, 1.54) is 35.7 Å². The van der Waals surface area contributed by atoms with E-state index in [1.54, 1.807) is 11.3 Å². The number of rotatable bonds is 0. The van der Waals surface area contributed by atoms with E-state index in [9.17, 15) is 8.42 Å². The number of hydrogen-bond acceptors (Lipinski definition) is 3. The molecule has 0 saturated heterocycles. The number of benzene rings is 1. The van der Waals surface area contributed by atoms with Crippen molar-refractivity contribution in [3.05, 3.63) is 35.0 Å². The van der Waals surface area contributed by atoms with Gasteiger partial charge in [-0.2, -0.15) is 8.42 Å². The fourth-order valence-corrected chi connectivity index (χ4v) is 3.63. The molecule has 2 heterocycles. The average Bonchev–Trinajstić information content (AvgIpc) is 2.74. The Morgan fingerprint density at radius 3 is 2.82 bits per heavy atom. The minimum absolute atomic E-state index is 0.611. The van der Waals surface area contributed by atoms with Gasteiger partial charge in [0.25, 0.3) is 10.1 Å². The number of nitrogens with one attached hydrogen (secondary N) is 1. The third kappa shape index (κ3) is 3.04. The highest BCUT2D eigenvalue weighted by atomic mass is 32.2. The van der Waals surface area contributed by atoms with E-state index in [0.29, 0.717) is 12.3 Å². The molecule has 0 fully saturated rings. The standard InChI is InChI=1S/C15H18N2.CH4O3S/c1-10-5-6-14-12(9-10)11-3-2-4-13-15(11)17(14)8-7-16-13;1-5(2,3)4/h5-6,9,13,16H,2-4,7-8H2,1H3;1H3,(H,2,3,4)/t13-;/m1./s1. The zero-order valence-electron chi connectivity index (χ0n) is 13.0. The van der Waals surface area contributed by atoms with Gasteiger partial charge in [-0.3, -0.25) is 4.55 Å². The summed E-state index contributed by atoms with van der Waals surface area (Å²) in [6.45, 7) is 4.45. The molecular formula is C16H22N2O3S. The van der Waals surface area contributed by atoms with Crippen molar-refractivity contribution in [3.63, 3.8) is 0 Å². The predicted octanol–water partition coefficient (Wildman–Crippen LogP) is 2.43. The molecular weight excluding hydrogens is 300 g/mol. The fourth-order valence-electron chi connectivity index (χ4n) is 3.63. The van der Waals surface area contributed by atoms with E-state index in [1.807, 2.05) is 0 Å². The first-order chi connectivity index (χ1) is 10.3. The van der Waals surface area contributed by atoms with Gasteiger partial charge in [-0.25, -0.2) is 0 Å². The Balaban J connectivity index is 0.000000254. The molecule has 1 aromatic carbocycles. The number of aryl methyl sites for hydroxylation is 2. The Morgan fingerprint density at radius 1 is 1.36 bits per heavy atom. The molecule has 0 bridgehead atoms. The fraction of sp³-hybridized carbons (Fsp3) is 0.500. The summed E-state index contributed by atoms with van der Waals surface area (Å²) in [5.41, 5.74) is 6.04. The second-order valence-electron chi connectivity index (χ2n) is 6.17. The van der Waals surface area contributed by atoms with Gasteiger partial charge in [0.15, 0.2) is 0 Å². The number of aromatic nitrogens is 1. The van der Waals surface area contributed by atoms with Gasteiger partial charge in [-0.15, -0.1) is 0 Å². The second kappa shape index (κ2) is 5.68. The van der Waals surface area contributed by atoms with Crippen LogP contribution in [0.4, 0.5) is 0 Å². The SMILES string of the molecule is CS(=O)(=O)O.Cc1ccc2c(c1)c1c3n2CCN[C@@H]3CCC1. The normalized spacial score (nSPS) is 20.2. The third-order valence-corrected chi connectivity index (χ3v) is 4.34. The molecule has 0 saturated carbocycles. The molecule has 0 amide bonds. The summed E-state index contributed by atoms with van der Waals surface area (Å²) in [6.07, 6.45) is 4.62. The predicted molar refractivity (Wildman–Crippen MR) is 87.8 cm³/mol. The monoisotopic (exact) mass is 322 g/mol. The van der Waals surface area contributed by atoms with Crippen molar-refractivity contribution in [3.8, 4) is 0 Å². The van der Waals surface area contributed by atoms with Crippen molar-refractivity contribution < 1.29 is 13.0 Å². The van der Waals surface area contributed by atoms with Gasteiger partial charge < -0.3 is 9.88 Å². The van der Waals surface area contributed by atoms with E-state index in [0.717, 1.165) is 13.1 Å². The van der Waals surface area contributed by atoms with Gasteiger partial charge in [-0.1, -0.05) is 11.6 Å². The van der Waals surface area contributed by atoms with Crippen LogP contribution in [0.2, 0.25) is 0 Å². The van der Waals surface area contributed by atoms with Gasteiger partial charge in [-0.05, 0) is 43.9 Å². The quantitative estimate of drug-likeness (QED) is 0.731. The Morgan fingerprint density at radius 2 is 2.09 bits per heavy atom. The number of nitrogens with zero attached hydrogens (tertiary/aromatic N) is 1. The number of hydrogen-bond donors (Lipinski definition) is 2. The summed E-state index contributed by atoms with van der Waals surface area (Å²) in [5, 5.41) is 5.18. The van der Waals surface area contributed by atoms with Crippen LogP contribution in [-0.2, 0) is 23.1 Å². The van der Waals surface area contributed by atoms with Crippen molar-refractivity contribution in [1.82, 2.24) is 9.88 Å². The molecule has 0 radical (unpaired) electrons. The molecule has 5 nitrogen and oxygen atoms in total. The van der Waals surface area contributed by atoms with Crippen LogP contribution in [0.5, 0.6) is 0 Å². The average molecular weight is 322 g/mol. The molecule has 22 heavy (non-hydrogen) atoms. The summed E-state index contributed by atoms with van der Waals surface area (Å²) in [7, 11) is -3.67. The molecule has 4 rings (SSSR count). The summed E-state index contributed by atoms with van der Waals surface area (Å²) in [6, 6.07) is 7.54. The molecule has 1 aliphatic heterocycles. The topological polar surface area (TPSA) is 71.3 Å². The maximum atomic E-state index is 9.19. The van der Waals surface area contributed by atoms with Gasteiger partial charge in [0.2, 0.25) is 0 Å². The lowest BCUT2D eigenvalue weighted by Crippen LogP contribution is -2.35. The first-order valence-corrected chi connectivity index (χ1v) is 9.47. The minimum atomic E-state index is -3.67. The zero-order chi connectivity index (χ0) is 15.9. The molecule has 1 aliphatic carbocycles. The maximum Gasteiger partial charge on any atom is 0.261 e. The van der Waals surface area contributed by atoms with Gasteiger partial charge >= 0.3 is 0 Å². The zero-order valence-corrected chi connectivity index (χ0v) is 13.8. The lowest BCUT2D eigenvalue weighted by Gasteiger charge is -2.31. The highest BCUT2D eigenvalue weighted by molar-refractivity contribution is 7.85. The second-order valence-corrected chi connectivity index (χ2v) is 7.63. The van der Waals surface area contributed by atoms with Crippen molar-refractivity contribution in [1.29, 1.82) is 0 Å². The molecule has 0 spiro atoms. The Labute approximate surface area is 131 Å². The highest BCUT2D eigenvalue weighted by Crippen LogP contribution is 2.39. The van der Waals surface area contributed by atoms with E-state index >= 15 is 0 Å². The van der Waals surface area contributed by atoms with Crippen LogP contribution in [0.15, 0.2) is 18.2 Å². The molecule has 2 aliphatic rings. The summed E-state index contributed by atoms with van der Waals surface area (Å²) in [4.78, 5) is 0. The van der Waals surface area contributed by atoms with E-state index in [4.69, 9.17) is 4.55 Å². The van der Waals surface area contributed by atoms with E-state index in [2.05, 4.69) is 35.0 Å². The Hall–Kier alpha value is -1.37. The number of fused-ring (bicyclic) bond motifs is 3. The smallest absolute Gasteiger partial charge is 0.261 e. The van der Waals surface area contributed by atoms with Crippen LogP contribution in [-0.4, -0.2) is 30.3 Å². The largest absolute Gasteiger partial charge is 0.342 e. The third-order valence-electron chi connectivity index (χ3n) is 4.34. The first kappa shape index (κ1) is 15.5. The minimum Gasteiger partial charge on any atom is -0.342 e. The summed E-state index contributed by atoms with van der Waals surface area (Å²) in [5.74, 6) is 0. The van der Waals surface area contributed by atoms with Crippen LogP contribution >= 0.6 is 0 Å². The van der Waals surface area contributed by atoms with Gasteiger partial charge in [0.1, 0.15) is 0 Å². The van der Waals surface area contributed by atoms with Gasteiger partial charge in [0, 0.05) is 35.7 Å². The van der Waals surface area contributed by atoms with E-state index < -0.39 is 10.1 Å². The van der Waals surface area contributed by atoms with Crippen molar-refractivity contribution in [2.45, 2.75) is 38.8 Å². The molecule has 120 valence electrons. The van der Waals surface area contributed by atoms with Crippen LogP contribution in [0.25, 0.3) is 10.9 Å². The molecule has 1 aromatic heterocycles. The highest BCUT2D eigenvalue weighted by Gasteiger charge is 2.29. The van der Waals surface area contributed by atoms with Crippen molar-refractivity contribution >= 4 is 21.0 Å². The van der Waals surface area contributed by atoms with Crippen LogP contribution in [0.3, 0.4) is 0 Å².